The standard InChI is InChI=1S/C24H27N3O5S/c1-17-14-19(18(2)26(17)10-13-32-20-6-4-3-5-7-20)15-21-23(29)27(24(30)33-21)16-22(28)25-8-11-31-12-9-25/h3-7,14-15H,8-13,16H2,1-2H3/b21-15-. The molecule has 0 spiro atoms. The first-order valence-electron chi connectivity index (χ1n) is 10.9. The highest BCUT2D eigenvalue weighted by Gasteiger charge is 2.37. The van der Waals surface area contributed by atoms with Gasteiger partial charge in [-0.3, -0.25) is 19.3 Å². The molecule has 3 amide bonds. The van der Waals surface area contributed by atoms with E-state index in [0.717, 1.165) is 39.4 Å². The van der Waals surface area contributed by atoms with E-state index in [1.165, 1.54) is 0 Å². The van der Waals surface area contributed by atoms with Gasteiger partial charge in [0.15, 0.2) is 0 Å². The number of nitrogens with zero attached hydrogens (tertiary/aromatic N) is 3. The van der Waals surface area contributed by atoms with Crippen molar-refractivity contribution in [2.24, 2.45) is 0 Å². The average molecular weight is 470 g/mol. The molecule has 0 bridgehead atoms. The minimum Gasteiger partial charge on any atom is -0.492 e. The number of ether oxygens (including phenoxy) is 2. The Bertz CT molecular complexity index is 1070. The van der Waals surface area contributed by atoms with Crippen LogP contribution in [0.3, 0.4) is 0 Å². The summed E-state index contributed by atoms with van der Waals surface area (Å²) in [5, 5.41) is -0.419. The summed E-state index contributed by atoms with van der Waals surface area (Å²) in [5.41, 5.74) is 2.90. The van der Waals surface area contributed by atoms with Gasteiger partial charge < -0.3 is 18.9 Å². The van der Waals surface area contributed by atoms with Crippen molar-refractivity contribution >= 4 is 34.9 Å². The van der Waals surface area contributed by atoms with Gasteiger partial charge in [0, 0.05) is 24.5 Å². The van der Waals surface area contributed by atoms with E-state index in [0.29, 0.717) is 44.4 Å². The van der Waals surface area contributed by atoms with E-state index in [1.54, 1.807) is 11.0 Å². The lowest BCUT2D eigenvalue weighted by molar-refractivity contribution is -0.139. The van der Waals surface area contributed by atoms with Crippen molar-refractivity contribution in [1.82, 2.24) is 14.4 Å². The molecule has 1 aromatic carbocycles. The van der Waals surface area contributed by atoms with Crippen molar-refractivity contribution < 1.29 is 23.9 Å². The number of amides is 3. The number of aromatic nitrogens is 1. The van der Waals surface area contributed by atoms with Crippen LogP contribution in [0.25, 0.3) is 6.08 Å². The van der Waals surface area contributed by atoms with E-state index in [-0.39, 0.29) is 12.5 Å². The molecule has 0 N–H and O–H groups in total. The zero-order valence-electron chi connectivity index (χ0n) is 18.8. The fourth-order valence-electron chi connectivity index (χ4n) is 3.91. The van der Waals surface area contributed by atoms with E-state index < -0.39 is 11.1 Å². The third-order valence-electron chi connectivity index (χ3n) is 5.76. The van der Waals surface area contributed by atoms with Crippen molar-refractivity contribution in [3.8, 4) is 5.75 Å². The van der Waals surface area contributed by atoms with Crippen LogP contribution in [0.5, 0.6) is 5.75 Å². The molecule has 4 rings (SSSR count). The van der Waals surface area contributed by atoms with Gasteiger partial charge in [-0.1, -0.05) is 18.2 Å². The lowest BCUT2D eigenvalue weighted by Crippen LogP contribution is -2.46. The molecule has 0 atom stereocenters. The predicted octanol–water partition coefficient (Wildman–Crippen LogP) is 3.08. The van der Waals surface area contributed by atoms with Gasteiger partial charge >= 0.3 is 0 Å². The zero-order valence-corrected chi connectivity index (χ0v) is 19.6. The predicted molar refractivity (Wildman–Crippen MR) is 126 cm³/mol. The Morgan fingerprint density at radius 3 is 2.61 bits per heavy atom. The van der Waals surface area contributed by atoms with Crippen molar-refractivity contribution in [3.63, 3.8) is 0 Å². The summed E-state index contributed by atoms with van der Waals surface area (Å²) in [6, 6.07) is 11.6. The maximum Gasteiger partial charge on any atom is 0.294 e. The van der Waals surface area contributed by atoms with Crippen LogP contribution in [-0.2, 0) is 20.9 Å². The molecule has 0 saturated carbocycles. The Labute approximate surface area is 197 Å². The Balaban J connectivity index is 1.42. The summed E-state index contributed by atoms with van der Waals surface area (Å²) in [7, 11) is 0. The minimum atomic E-state index is -0.427. The van der Waals surface area contributed by atoms with Crippen LogP contribution in [0.4, 0.5) is 4.79 Å². The molecule has 2 aromatic rings. The van der Waals surface area contributed by atoms with Gasteiger partial charge in [0.1, 0.15) is 18.9 Å². The summed E-state index contributed by atoms with van der Waals surface area (Å²) in [6.07, 6.45) is 1.74. The lowest BCUT2D eigenvalue weighted by atomic mass is 10.2. The van der Waals surface area contributed by atoms with Gasteiger partial charge in [-0.15, -0.1) is 0 Å². The second-order valence-corrected chi connectivity index (χ2v) is 8.89. The van der Waals surface area contributed by atoms with Crippen LogP contribution in [0.15, 0.2) is 41.3 Å². The number of carbonyl (C=O) groups excluding carboxylic acids is 3. The molecular weight excluding hydrogens is 442 g/mol. The summed E-state index contributed by atoms with van der Waals surface area (Å²) < 4.78 is 13.2. The second kappa shape index (κ2) is 10.3. The monoisotopic (exact) mass is 469 g/mol. The molecule has 3 heterocycles. The summed E-state index contributed by atoms with van der Waals surface area (Å²) in [6.45, 7) is 6.82. The number of rotatable bonds is 7. The lowest BCUT2D eigenvalue weighted by Gasteiger charge is -2.28. The van der Waals surface area contributed by atoms with Gasteiger partial charge in [-0.2, -0.15) is 0 Å². The Kier molecular flexibility index (Phi) is 7.20. The fraction of sp³-hybridized carbons (Fsp3) is 0.375. The topological polar surface area (TPSA) is 81.1 Å². The summed E-state index contributed by atoms with van der Waals surface area (Å²) in [4.78, 5) is 40.8. The van der Waals surface area contributed by atoms with Gasteiger partial charge in [0.2, 0.25) is 5.91 Å². The van der Waals surface area contributed by atoms with Crippen LogP contribution in [0, 0.1) is 13.8 Å². The molecule has 174 valence electrons. The number of aryl methyl sites for hydroxylation is 1. The number of morpholine rings is 1. The third-order valence-corrected chi connectivity index (χ3v) is 6.66. The number of hydrogen-bond acceptors (Lipinski definition) is 6. The van der Waals surface area contributed by atoms with Crippen molar-refractivity contribution in [2.45, 2.75) is 20.4 Å². The van der Waals surface area contributed by atoms with Crippen LogP contribution in [0.2, 0.25) is 0 Å². The third kappa shape index (κ3) is 5.31. The van der Waals surface area contributed by atoms with E-state index >= 15 is 0 Å². The smallest absolute Gasteiger partial charge is 0.294 e. The summed E-state index contributed by atoms with van der Waals surface area (Å²) >= 11 is 0.873. The van der Waals surface area contributed by atoms with Crippen molar-refractivity contribution in [2.75, 3.05) is 39.5 Å². The molecule has 2 saturated heterocycles. The van der Waals surface area contributed by atoms with Crippen LogP contribution in [0.1, 0.15) is 17.0 Å². The fourth-order valence-corrected chi connectivity index (χ4v) is 4.74. The molecule has 33 heavy (non-hydrogen) atoms. The first kappa shape index (κ1) is 23.1. The van der Waals surface area contributed by atoms with Gasteiger partial charge in [0.25, 0.3) is 11.1 Å². The molecule has 0 aliphatic carbocycles. The van der Waals surface area contributed by atoms with Crippen LogP contribution >= 0.6 is 11.8 Å². The minimum absolute atomic E-state index is 0.238. The first-order valence-corrected chi connectivity index (χ1v) is 11.7. The van der Waals surface area contributed by atoms with Gasteiger partial charge in [-0.25, -0.2) is 0 Å². The van der Waals surface area contributed by atoms with E-state index in [4.69, 9.17) is 9.47 Å². The molecule has 2 aliphatic heterocycles. The molecule has 1 aromatic heterocycles. The average Bonchev–Trinajstić information content (AvgIpc) is 3.24. The number of hydrogen-bond donors (Lipinski definition) is 0. The van der Waals surface area contributed by atoms with E-state index in [9.17, 15) is 14.4 Å². The largest absolute Gasteiger partial charge is 0.492 e. The van der Waals surface area contributed by atoms with Crippen molar-refractivity contribution in [1.29, 1.82) is 0 Å². The molecule has 9 heteroatoms. The number of carbonyl (C=O) groups is 3. The first-order chi connectivity index (χ1) is 15.9. The van der Waals surface area contributed by atoms with Crippen molar-refractivity contribution in [3.05, 3.63) is 58.3 Å². The SMILES string of the molecule is Cc1cc(/C=C2\SC(=O)N(CC(=O)N3CCOCC3)C2=O)c(C)n1CCOc1ccccc1. The summed E-state index contributed by atoms with van der Waals surface area (Å²) in [5.74, 6) is 0.155. The van der Waals surface area contributed by atoms with Crippen LogP contribution < -0.4 is 4.74 Å². The second-order valence-electron chi connectivity index (χ2n) is 7.90. The number of para-hydroxylation sites is 1. The maximum absolute atomic E-state index is 12.9. The van der Waals surface area contributed by atoms with Crippen LogP contribution in [-0.4, -0.2) is 70.9 Å². The Morgan fingerprint density at radius 1 is 1.15 bits per heavy atom. The highest BCUT2D eigenvalue weighted by Crippen LogP contribution is 2.33. The van der Waals surface area contributed by atoms with Gasteiger partial charge in [0.05, 0.1) is 24.7 Å². The maximum atomic E-state index is 12.9. The number of benzene rings is 1. The molecule has 2 aliphatic rings. The van der Waals surface area contributed by atoms with E-state index in [1.807, 2.05) is 50.2 Å². The van der Waals surface area contributed by atoms with E-state index in [2.05, 4.69) is 4.57 Å². The Morgan fingerprint density at radius 2 is 1.88 bits per heavy atom. The zero-order chi connectivity index (χ0) is 23.4. The van der Waals surface area contributed by atoms with Gasteiger partial charge in [-0.05, 0) is 55.4 Å². The molecule has 0 radical (unpaired) electrons. The highest BCUT2D eigenvalue weighted by molar-refractivity contribution is 8.18. The quantitative estimate of drug-likeness (QED) is 0.580. The molecule has 8 nitrogen and oxygen atoms in total. The number of imide groups is 1. The molecule has 0 unspecified atom stereocenters. The normalized spacial score (nSPS) is 17.8. The highest BCUT2D eigenvalue weighted by atomic mass is 32.2. The molecule has 2 fully saturated rings. The Hall–Kier alpha value is -3.04. The number of thioether (sulfide) groups is 1. The molecular formula is C24H27N3O5S.